The topological polar surface area (TPSA) is 75.7 Å². The Labute approximate surface area is 580 Å². The number of unbranched alkanes of at least 4 members (excludes halogenated alkanes) is 16. The molecule has 5 heterocycles. The maximum Gasteiger partial charge on any atom is 2.00 e. The summed E-state index contributed by atoms with van der Waals surface area (Å²) < 4.78 is 13.9. The predicted octanol–water partition coefficient (Wildman–Crippen LogP) is 24.6. The summed E-state index contributed by atoms with van der Waals surface area (Å²) in [6.07, 6.45) is 34.8. The van der Waals surface area contributed by atoms with Gasteiger partial charge in [0.15, 0.2) is 0 Å². The second-order valence-corrected chi connectivity index (χ2v) is 33.0. The Balaban J connectivity index is 0.0000113. The van der Waals surface area contributed by atoms with Gasteiger partial charge >= 0.3 is 19.5 Å². The van der Waals surface area contributed by atoms with E-state index in [1.54, 1.807) is 0 Å². The third-order valence-corrected chi connectivity index (χ3v) is 25.9. The van der Waals surface area contributed by atoms with Crippen LogP contribution in [-0.2, 0) is 32.3 Å². The standard InChI is InChI=1S/C85H109N5O2Si.Zn/c1-13-17-21-25-27-31-58-91-79-39-33-35-64(11)81(79)83-73-51-49-71(86-73)70(57-60-93(61(5)6,62(7)8)63(9)10)72-50-52-74(87-72)84(82-65(12)36-34-40-80(82)92-59-32-28-26-22-18-14-2)76-54-56-78(89-76)85(77-55-53-75(83)88-77)90(68-45-41-66(42-46-68)37-29-23-19-15-3)69-47-43-67(44-48-69)38-30-24-20-16-4;/h33-36,39-56,61-63H,13-32,37-38,58-59H2,1-12H3;/q-2;+2. The van der Waals surface area contributed by atoms with Crippen molar-refractivity contribution in [2.75, 3.05) is 18.1 Å². The zero-order valence-electron chi connectivity index (χ0n) is 59.7. The van der Waals surface area contributed by atoms with E-state index in [0.29, 0.717) is 29.8 Å². The van der Waals surface area contributed by atoms with E-state index in [4.69, 9.17) is 29.4 Å². The summed E-state index contributed by atoms with van der Waals surface area (Å²) in [6, 6.07) is 40.2. The Hall–Kier alpha value is -6.72. The SMILES string of the molecule is CCCCCCCCOc1cccc(C)c1-c1c2nc(c(N(c3ccc(CCCCCC)cc3)c3ccc(CCCCCC)cc3)c3ccc([n-]3)c(-c3c(C)cccc3OCCCCCCCC)c3nc(c(C#C[Si](C(C)C)(C(C)C)C(C)C)c4ccc1[n-]4)C=C3)C=C2.[Zn+2]. The van der Waals surface area contributed by atoms with Crippen LogP contribution in [0, 0.1) is 25.3 Å². The van der Waals surface area contributed by atoms with Crippen molar-refractivity contribution in [1.82, 2.24) is 19.9 Å². The van der Waals surface area contributed by atoms with Crippen LogP contribution in [0.1, 0.15) is 248 Å². The second kappa shape index (κ2) is 36.4. The van der Waals surface area contributed by atoms with Gasteiger partial charge in [0.1, 0.15) is 19.6 Å². The third-order valence-electron chi connectivity index (χ3n) is 19.6. The van der Waals surface area contributed by atoms with Crippen LogP contribution in [0.3, 0.4) is 0 Å². The first kappa shape index (κ1) is 73.1. The zero-order valence-corrected chi connectivity index (χ0v) is 63.6. The van der Waals surface area contributed by atoms with Crippen LogP contribution < -0.4 is 24.3 Å². The van der Waals surface area contributed by atoms with Crippen molar-refractivity contribution < 1.29 is 29.0 Å². The van der Waals surface area contributed by atoms with Gasteiger partial charge < -0.3 is 24.3 Å². The summed E-state index contributed by atoms with van der Waals surface area (Å²) in [5.74, 6) is 5.61. The van der Waals surface area contributed by atoms with Gasteiger partial charge in [-0.2, -0.15) is 0 Å². The molecule has 0 fully saturated rings. The molecule has 0 saturated heterocycles. The summed E-state index contributed by atoms with van der Waals surface area (Å²) >= 11 is 0. The number of rotatable bonds is 34. The molecule has 492 valence electrons. The normalized spacial score (nSPS) is 12.0. The molecule has 8 bridgehead atoms. The van der Waals surface area contributed by atoms with E-state index in [9.17, 15) is 0 Å². The Morgan fingerprint density at radius 3 is 1.26 bits per heavy atom. The van der Waals surface area contributed by atoms with E-state index >= 15 is 0 Å². The van der Waals surface area contributed by atoms with E-state index in [1.165, 1.54) is 114 Å². The number of anilines is 3. The zero-order chi connectivity index (χ0) is 65.7. The fraction of sp³-hybridized carbons (Fsp3) is 0.459. The van der Waals surface area contributed by atoms with Crippen molar-refractivity contribution in [2.45, 2.75) is 241 Å². The van der Waals surface area contributed by atoms with Gasteiger partial charge in [0.05, 0.1) is 41.7 Å². The van der Waals surface area contributed by atoms with Gasteiger partial charge in [-0.05, 0) is 163 Å². The summed E-state index contributed by atoms with van der Waals surface area (Å²) in [5.41, 5.74) is 24.3. The molecule has 0 amide bonds. The average Bonchev–Trinajstić information content (AvgIpc) is 1.58. The third kappa shape index (κ3) is 18.0. The van der Waals surface area contributed by atoms with Crippen molar-refractivity contribution in [1.29, 1.82) is 0 Å². The van der Waals surface area contributed by atoms with Crippen molar-refractivity contribution in [3.63, 3.8) is 0 Å². The second-order valence-electron chi connectivity index (χ2n) is 27.4. The predicted molar refractivity (Wildman–Crippen MR) is 403 cm³/mol. The van der Waals surface area contributed by atoms with E-state index in [2.05, 4.69) is 233 Å². The number of nitrogens with zero attached hydrogens (tertiary/aromatic N) is 5. The van der Waals surface area contributed by atoms with Gasteiger partial charge in [-0.15, -0.1) is 27.6 Å². The van der Waals surface area contributed by atoms with Crippen LogP contribution in [-0.4, -0.2) is 31.3 Å². The molecule has 0 saturated carbocycles. The summed E-state index contributed by atoms with van der Waals surface area (Å²) in [4.78, 5) is 25.7. The van der Waals surface area contributed by atoms with Gasteiger partial charge in [-0.25, -0.2) is 9.97 Å². The molecule has 0 spiro atoms. The van der Waals surface area contributed by atoms with Gasteiger partial charge in [0, 0.05) is 28.1 Å². The van der Waals surface area contributed by atoms with Crippen molar-refractivity contribution in [3.05, 3.63) is 160 Å². The average molecular weight is 1330 g/mol. The van der Waals surface area contributed by atoms with E-state index < -0.39 is 8.07 Å². The molecule has 0 radical (unpaired) electrons. The number of aryl methyl sites for hydroxylation is 4. The van der Waals surface area contributed by atoms with Crippen molar-refractivity contribution in [2.24, 2.45) is 0 Å². The first-order valence-corrected chi connectivity index (χ1v) is 38.6. The number of aromatic nitrogens is 4. The first-order chi connectivity index (χ1) is 45.3. The number of fused-ring (bicyclic) bond motifs is 8. The number of ether oxygens (including phenoxy) is 2. The molecule has 9 rings (SSSR count). The molecule has 0 aliphatic carbocycles. The Morgan fingerprint density at radius 2 is 0.798 bits per heavy atom. The smallest absolute Gasteiger partial charge is 0.656 e. The fourth-order valence-electron chi connectivity index (χ4n) is 14.4. The Kier molecular flexibility index (Phi) is 28.3. The minimum atomic E-state index is -2.26. The molecule has 0 N–H and O–H groups in total. The largest absolute Gasteiger partial charge is 2.00 e. The molecule has 7 aromatic rings. The molecule has 0 unspecified atom stereocenters. The maximum atomic E-state index is 6.95. The summed E-state index contributed by atoms with van der Waals surface area (Å²) in [6.45, 7) is 29.1. The molecule has 94 heavy (non-hydrogen) atoms. The molecule has 2 aliphatic heterocycles. The molecule has 4 aromatic carbocycles. The van der Waals surface area contributed by atoms with E-state index in [-0.39, 0.29) is 19.5 Å². The molecular formula is C85H109N5O2SiZn. The van der Waals surface area contributed by atoms with Gasteiger partial charge in [0.25, 0.3) is 0 Å². The van der Waals surface area contributed by atoms with Crippen molar-refractivity contribution in [3.8, 4) is 45.2 Å². The molecule has 2 aliphatic rings. The molecule has 3 aromatic heterocycles. The Bertz CT molecular complexity index is 3710. The number of benzene rings is 4. The van der Waals surface area contributed by atoms with E-state index in [0.717, 1.165) is 151 Å². The maximum absolute atomic E-state index is 6.95. The van der Waals surface area contributed by atoms with E-state index in [1.807, 2.05) is 0 Å². The molecular weight excluding hydrogens is 1220 g/mol. The minimum absolute atomic E-state index is 0. The Morgan fingerprint density at radius 1 is 0.415 bits per heavy atom. The summed E-state index contributed by atoms with van der Waals surface area (Å²) in [7, 11) is -2.26. The minimum Gasteiger partial charge on any atom is -0.656 e. The van der Waals surface area contributed by atoms with Crippen LogP contribution >= 0.6 is 0 Å². The number of hydrogen-bond donors (Lipinski definition) is 0. The first-order valence-electron chi connectivity index (χ1n) is 36.3. The summed E-state index contributed by atoms with van der Waals surface area (Å²) in [5, 5.41) is 0. The molecule has 9 heteroatoms. The van der Waals surface area contributed by atoms with Gasteiger partial charge in [-0.3, -0.25) is 0 Å². The van der Waals surface area contributed by atoms with Crippen LogP contribution in [0.25, 0.3) is 68.6 Å². The molecule has 7 nitrogen and oxygen atoms in total. The quantitative estimate of drug-likeness (QED) is 0.0226. The van der Waals surface area contributed by atoms with Crippen LogP contribution in [0.5, 0.6) is 11.5 Å². The van der Waals surface area contributed by atoms with Crippen LogP contribution in [0.2, 0.25) is 16.6 Å². The monoisotopic (exact) mass is 1320 g/mol. The molecule has 0 atom stereocenters. The number of hydrogen-bond acceptors (Lipinski definition) is 5. The van der Waals surface area contributed by atoms with Gasteiger partial charge in [-0.1, -0.05) is 251 Å². The van der Waals surface area contributed by atoms with Gasteiger partial charge in [0.2, 0.25) is 0 Å². The fourth-order valence-corrected chi connectivity index (χ4v) is 19.6. The van der Waals surface area contributed by atoms with Crippen LogP contribution in [0.15, 0.2) is 109 Å². The van der Waals surface area contributed by atoms with Crippen molar-refractivity contribution >= 4 is 71.5 Å². The van der Waals surface area contributed by atoms with Crippen LogP contribution in [0.4, 0.5) is 17.1 Å².